The zero-order chi connectivity index (χ0) is 13.0. The van der Waals surface area contributed by atoms with Crippen LogP contribution in [0.5, 0.6) is 5.88 Å². The van der Waals surface area contributed by atoms with Crippen molar-refractivity contribution in [3.05, 3.63) is 6.33 Å². The van der Waals surface area contributed by atoms with Crippen LogP contribution < -0.4 is 15.4 Å². The maximum absolute atomic E-state index is 6.13. The summed E-state index contributed by atoms with van der Waals surface area (Å²) in [7, 11) is 0. The first kappa shape index (κ1) is 12.9. The predicted octanol–water partition coefficient (Wildman–Crippen LogP) is 2.23. The molecule has 1 fully saturated rings. The summed E-state index contributed by atoms with van der Waals surface area (Å²) in [5.74, 6) is 1.35. The summed E-state index contributed by atoms with van der Waals surface area (Å²) in [5.41, 5.74) is 6.70. The van der Waals surface area contributed by atoms with Crippen LogP contribution in [-0.2, 0) is 0 Å². The van der Waals surface area contributed by atoms with Crippen LogP contribution in [0.1, 0.15) is 39.5 Å². The molecule has 1 unspecified atom stereocenters. The van der Waals surface area contributed by atoms with Crippen molar-refractivity contribution < 1.29 is 4.74 Å². The smallest absolute Gasteiger partial charge is 0.242 e. The molecule has 2 rings (SSSR count). The fourth-order valence-corrected chi connectivity index (χ4v) is 2.45. The first-order chi connectivity index (χ1) is 8.77. The lowest BCUT2D eigenvalue weighted by atomic mass is 10.2. The number of hydrogen-bond acceptors (Lipinski definition) is 5. The van der Waals surface area contributed by atoms with Crippen molar-refractivity contribution >= 4 is 11.5 Å². The molecule has 1 aromatic heterocycles. The van der Waals surface area contributed by atoms with Gasteiger partial charge in [0.2, 0.25) is 5.88 Å². The highest BCUT2D eigenvalue weighted by molar-refractivity contribution is 5.68. The lowest BCUT2D eigenvalue weighted by Crippen LogP contribution is -2.30. The lowest BCUT2D eigenvalue weighted by molar-refractivity contribution is 0.306. The molecule has 0 aromatic carbocycles. The number of nitrogen functional groups attached to an aromatic ring is 1. The summed E-state index contributed by atoms with van der Waals surface area (Å²) >= 11 is 0. The summed E-state index contributed by atoms with van der Waals surface area (Å²) in [6.45, 7) is 5.92. The van der Waals surface area contributed by atoms with Gasteiger partial charge in [0.05, 0.1) is 6.61 Å². The Hall–Kier alpha value is -1.52. The number of aromatic nitrogens is 2. The molecule has 1 atom stereocenters. The molecular formula is C13H22N4O. The summed E-state index contributed by atoms with van der Waals surface area (Å²) in [6, 6.07) is 0.543. The van der Waals surface area contributed by atoms with Crippen LogP contribution in [0, 0.1) is 0 Å². The average Bonchev–Trinajstić information content (AvgIpc) is 2.85. The van der Waals surface area contributed by atoms with Crippen molar-refractivity contribution in [2.75, 3.05) is 23.8 Å². The molecule has 2 heterocycles. The maximum Gasteiger partial charge on any atom is 0.242 e. The fraction of sp³-hybridized carbons (Fsp3) is 0.692. The highest BCUT2D eigenvalue weighted by Crippen LogP contribution is 2.33. The van der Waals surface area contributed by atoms with Gasteiger partial charge in [-0.25, -0.2) is 4.98 Å². The van der Waals surface area contributed by atoms with Gasteiger partial charge in [-0.3, -0.25) is 0 Å². The van der Waals surface area contributed by atoms with Gasteiger partial charge in [-0.2, -0.15) is 4.98 Å². The third-order valence-electron chi connectivity index (χ3n) is 3.39. The van der Waals surface area contributed by atoms with E-state index < -0.39 is 0 Å². The van der Waals surface area contributed by atoms with Gasteiger partial charge in [0.1, 0.15) is 12.0 Å². The summed E-state index contributed by atoms with van der Waals surface area (Å²) in [5, 5.41) is 0. The number of nitrogens with zero attached hydrogens (tertiary/aromatic N) is 3. The molecule has 1 aromatic rings. The van der Waals surface area contributed by atoms with Gasteiger partial charge in [0.15, 0.2) is 5.82 Å². The first-order valence-corrected chi connectivity index (χ1v) is 6.77. The average molecular weight is 250 g/mol. The molecule has 0 spiro atoms. The Balaban J connectivity index is 2.22. The van der Waals surface area contributed by atoms with Gasteiger partial charge < -0.3 is 15.4 Å². The molecule has 1 saturated heterocycles. The van der Waals surface area contributed by atoms with E-state index in [2.05, 4.69) is 28.7 Å². The van der Waals surface area contributed by atoms with Gasteiger partial charge in [-0.05, 0) is 25.7 Å². The standard InChI is InChI=1S/C13H22N4O/c1-3-8-18-13-11(14)12(15-9-16-13)17-7-5-6-10(17)4-2/h9-10H,3-8,14H2,1-2H3. The predicted molar refractivity (Wildman–Crippen MR) is 72.9 cm³/mol. The lowest BCUT2D eigenvalue weighted by Gasteiger charge is -2.26. The Kier molecular flexibility index (Phi) is 4.23. The van der Waals surface area contributed by atoms with Gasteiger partial charge in [0, 0.05) is 12.6 Å². The highest BCUT2D eigenvalue weighted by Gasteiger charge is 2.26. The Morgan fingerprint density at radius 3 is 3.00 bits per heavy atom. The van der Waals surface area contributed by atoms with Crippen molar-refractivity contribution in [3.63, 3.8) is 0 Å². The van der Waals surface area contributed by atoms with E-state index in [1.807, 2.05) is 0 Å². The van der Waals surface area contributed by atoms with E-state index in [-0.39, 0.29) is 0 Å². The zero-order valence-corrected chi connectivity index (χ0v) is 11.2. The normalized spacial score (nSPS) is 19.2. The third kappa shape index (κ3) is 2.49. The van der Waals surface area contributed by atoms with Crippen molar-refractivity contribution in [2.24, 2.45) is 0 Å². The van der Waals surface area contributed by atoms with E-state index >= 15 is 0 Å². The minimum Gasteiger partial charge on any atom is -0.476 e. The van der Waals surface area contributed by atoms with Crippen molar-refractivity contribution in [3.8, 4) is 5.88 Å². The first-order valence-electron chi connectivity index (χ1n) is 6.77. The quantitative estimate of drug-likeness (QED) is 0.868. The second-order valence-electron chi connectivity index (χ2n) is 4.66. The molecule has 1 aliphatic rings. The number of hydrogen-bond donors (Lipinski definition) is 1. The SMILES string of the molecule is CCCOc1ncnc(N2CCCC2CC)c1N. The van der Waals surface area contributed by atoms with Crippen LogP contribution >= 0.6 is 0 Å². The molecule has 5 nitrogen and oxygen atoms in total. The Labute approximate surface area is 108 Å². The third-order valence-corrected chi connectivity index (χ3v) is 3.39. The molecule has 0 bridgehead atoms. The van der Waals surface area contributed by atoms with E-state index in [0.29, 0.717) is 24.2 Å². The van der Waals surface area contributed by atoms with Gasteiger partial charge >= 0.3 is 0 Å². The van der Waals surface area contributed by atoms with Gasteiger partial charge in [-0.1, -0.05) is 13.8 Å². The molecule has 1 aliphatic heterocycles. The number of nitrogens with two attached hydrogens (primary N) is 1. The van der Waals surface area contributed by atoms with Crippen LogP contribution in [0.2, 0.25) is 0 Å². The van der Waals surface area contributed by atoms with Crippen molar-refractivity contribution in [2.45, 2.75) is 45.6 Å². The largest absolute Gasteiger partial charge is 0.476 e. The fourth-order valence-electron chi connectivity index (χ4n) is 2.45. The van der Waals surface area contributed by atoms with Crippen LogP contribution in [0.3, 0.4) is 0 Å². The molecule has 0 saturated carbocycles. The van der Waals surface area contributed by atoms with Crippen molar-refractivity contribution in [1.82, 2.24) is 9.97 Å². The second kappa shape index (κ2) is 5.89. The second-order valence-corrected chi connectivity index (χ2v) is 4.66. The number of anilines is 2. The van der Waals surface area contributed by atoms with Crippen LogP contribution in [0.15, 0.2) is 6.33 Å². The van der Waals surface area contributed by atoms with Crippen molar-refractivity contribution in [1.29, 1.82) is 0 Å². The van der Waals surface area contributed by atoms with Gasteiger partial charge in [0.25, 0.3) is 0 Å². The Morgan fingerprint density at radius 1 is 1.44 bits per heavy atom. The zero-order valence-electron chi connectivity index (χ0n) is 11.2. The molecule has 18 heavy (non-hydrogen) atoms. The molecular weight excluding hydrogens is 228 g/mol. The van der Waals surface area contributed by atoms with Crippen LogP contribution in [0.25, 0.3) is 0 Å². The molecule has 5 heteroatoms. The summed E-state index contributed by atoms with van der Waals surface area (Å²) < 4.78 is 5.55. The Morgan fingerprint density at radius 2 is 2.28 bits per heavy atom. The number of rotatable bonds is 5. The molecule has 2 N–H and O–H groups in total. The molecule has 0 radical (unpaired) electrons. The monoisotopic (exact) mass is 250 g/mol. The van der Waals surface area contributed by atoms with E-state index in [1.54, 1.807) is 6.33 Å². The summed E-state index contributed by atoms with van der Waals surface area (Å²) in [4.78, 5) is 10.7. The molecule has 0 aliphatic carbocycles. The Bertz CT molecular complexity index is 397. The minimum absolute atomic E-state index is 0.517. The van der Waals surface area contributed by atoms with Gasteiger partial charge in [-0.15, -0.1) is 0 Å². The van der Waals surface area contributed by atoms with E-state index in [1.165, 1.54) is 12.8 Å². The maximum atomic E-state index is 6.13. The van der Waals surface area contributed by atoms with Crippen LogP contribution in [0.4, 0.5) is 11.5 Å². The van der Waals surface area contributed by atoms with Crippen LogP contribution in [-0.4, -0.2) is 29.2 Å². The topological polar surface area (TPSA) is 64.3 Å². The minimum atomic E-state index is 0.517. The number of ether oxygens (including phenoxy) is 1. The highest BCUT2D eigenvalue weighted by atomic mass is 16.5. The molecule has 0 amide bonds. The van der Waals surface area contributed by atoms with E-state index in [0.717, 1.165) is 25.2 Å². The molecule has 100 valence electrons. The van der Waals surface area contributed by atoms with E-state index in [9.17, 15) is 0 Å². The van der Waals surface area contributed by atoms with E-state index in [4.69, 9.17) is 10.5 Å². The summed E-state index contributed by atoms with van der Waals surface area (Å²) in [6.07, 6.45) is 6.02.